The van der Waals surface area contributed by atoms with Crippen LogP contribution in [0.2, 0.25) is 0 Å². The number of ketones is 1. The van der Waals surface area contributed by atoms with Crippen LogP contribution in [-0.4, -0.2) is 11.5 Å². The van der Waals surface area contributed by atoms with Gasteiger partial charge in [0.2, 0.25) is 5.78 Å². The normalized spacial score (nSPS) is 10.5. The maximum absolute atomic E-state index is 12.2. The van der Waals surface area contributed by atoms with Gasteiger partial charge in [-0.15, -0.1) is 23.1 Å². The highest BCUT2D eigenvalue weighted by Gasteiger charge is 2.12. The van der Waals surface area contributed by atoms with Gasteiger partial charge in [0.05, 0.1) is 4.88 Å². The first-order chi connectivity index (χ1) is 8.22. The van der Waals surface area contributed by atoms with Crippen molar-refractivity contribution in [3.8, 4) is 0 Å². The summed E-state index contributed by atoms with van der Waals surface area (Å²) in [6, 6.07) is 9.85. The average molecular weight is 262 g/mol. The van der Waals surface area contributed by atoms with Crippen LogP contribution in [0.1, 0.15) is 27.7 Å². The fourth-order valence-corrected chi connectivity index (χ4v) is 3.15. The molecule has 0 fully saturated rings. The van der Waals surface area contributed by atoms with Crippen LogP contribution in [0.5, 0.6) is 0 Å². The van der Waals surface area contributed by atoms with Crippen molar-refractivity contribution in [3.63, 3.8) is 0 Å². The second-order valence-corrected chi connectivity index (χ2v) is 5.97. The number of hydrogen-bond donors (Lipinski definition) is 0. The first-order valence-corrected chi connectivity index (χ1v) is 7.40. The van der Waals surface area contributed by atoms with Crippen LogP contribution in [0, 0.1) is 6.92 Å². The van der Waals surface area contributed by atoms with E-state index in [1.54, 1.807) is 11.8 Å². The summed E-state index contributed by atoms with van der Waals surface area (Å²) >= 11 is 3.30. The maximum atomic E-state index is 12.2. The number of carbonyl (C=O) groups is 1. The minimum absolute atomic E-state index is 0.130. The monoisotopic (exact) mass is 262 g/mol. The second-order valence-electron chi connectivity index (χ2n) is 3.72. The summed E-state index contributed by atoms with van der Waals surface area (Å²) in [6.07, 6.45) is 0. The van der Waals surface area contributed by atoms with Gasteiger partial charge in [0.15, 0.2) is 0 Å². The van der Waals surface area contributed by atoms with E-state index in [-0.39, 0.29) is 5.78 Å². The molecule has 0 radical (unpaired) electrons. The van der Waals surface area contributed by atoms with Gasteiger partial charge in [-0.1, -0.05) is 6.92 Å². The van der Waals surface area contributed by atoms with Gasteiger partial charge in [0, 0.05) is 10.5 Å². The Hall–Kier alpha value is -1.06. The summed E-state index contributed by atoms with van der Waals surface area (Å²) in [4.78, 5) is 14.3. The lowest BCUT2D eigenvalue weighted by molar-refractivity contribution is 0.104. The molecule has 0 saturated carbocycles. The van der Waals surface area contributed by atoms with Gasteiger partial charge in [-0.05, 0) is 54.0 Å². The van der Waals surface area contributed by atoms with E-state index in [1.807, 2.05) is 42.6 Å². The Bertz CT molecular complexity index is 511. The third-order valence-electron chi connectivity index (χ3n) is 2.50. The molecule has 1 aromatic carbocycles. The number of thiophene rings is 1. The predicted molar refractivity (Wildman–Crippen MR) is 75.3 cm³/mol. The largest absolute Gasteiger partial charge is 0.288 e. The first-order valence-electron chi connectivity index (χ1n) is 5.54. The van der Waals surface area contributed by atoms with Gasteiger partial charge in [0.1, 0.15) is 0 Å². The van der Waals surface area contributed by atoms with Crippen LogP contribution in [0.3, 0.4) is 0 Å². The Morgan fingerprint density at radius 2 is 1.94 bits per heavy atom. The smallest absolute Gasteiger partial charge is 0.203 e. The Balaban J connectivity index is 2.23. The van der Waals surface area contributed by atoms with Crippen LogP contribution in [0.25, 0.3) is 0 Å². The minimum Gasteiger partial charge on any atom is -0.288 e. The standard InChI is InChI=1S/C14H14OS2/c1-3-16-12-6-4-11(5-7-12)13(15)14-10(2)8-9-17-14/h4-9H,3H2,1-2H3. The maximum Gasteiger partial charge on any atom is 0.203 e. The third kappa shape index (κ3) is 2.79. The summed E-state index contributed by atoms with van der Waals surface area (Å²) in [7, 11) is 0. The van der Waals surface area contributed by atoms with Gasteiger partial charge in [0.25, 0.3) is 0 Å². The summed E-state index contributed by atoms with van der Waals surface area (Å²) in [5.74, 6) is 1.18. The number of aryl methyl sites for hydroxylation is 1. The Labute approximate surface area is 110 Å². The molecule has 0 saturated heterocycles. The summed E-state index contributed by atoms with van der Waals surface area (Å²) in [6.45, 7) is 4.10. The molecule has 0 atom stereocenters. The van der Waals surface area contributed by atoms with Crippen molar-refractivity contribution in [2.45, 2.75) is 18.7 Å². The molecule has 0 spiro atoms. The summed E-state index contributed by atoms with van der Waals surface area (Å²) in [5.41, 5.74) is 1.84. The zero-order valence-electron chi connectivity index (χ0n) is 9.90. The molecule has 1 nitrogen and oxygen atoms in total. The van der Waals surface area contributed by atoms with E-state index in [9.17, 15) is 4.79 Å². The van der Waals surface area contributed by atoms with Crippen LogP contribution < -0.4 is 0 Å². The molecular formula is C14H14OS2. The molecule has 0 unspecified atom stereocenters. The molecule has 0 amide bonds. The molecule has 0 aliphatic rings. The van der Waals surface area contributed by atoms with Gasteiger partial charge in [-0.3, -0.25) is 4.79 Å². The molecule has 88 valence electrons. The Morgan fingerprint density at radius 1 is 1.24 bits per heavy atom. The molecule has 0 aliphatic heterocycles. The predicted octanol–water partition coefficient (Wildman–Crippen LogP) is 4.40. The molecule has 3 heteroatoms. The van der Waals surface area contributed by atoms with E-state index in [0.717, 1.165) is 21.8 Å². The van der Waals surface area contributed by atoms with Crippen LogP contribution in [-0.2, 0) is 0 Å². The number of rotatable bonds is 4. The lowest BCUT2D eigenvalue weighted by Gasteiger charge is -2.02. The zero-order valence-corrected chi connectivity index (χ0v) is 11.5. The Morgan fingerprint density at radius 3 is 2.47 bits per heavy atom. The van der Waals surface area contributed by atoms with E-state index < -0.39 is 0 Å². The van der Waals surface area contributed by atoms with Crippen molar-refractivity contribution in [1.82, 2.24) is 0 Å². The van der Waals surface area contributed by atoms with Crippen LogP contribution >= 0.6 is 23.1 Å². The lowest BCUT2D eigenvalue weighted by Crippen LogP contribution is -1.99. The molecule has 0 aliphatic carbocycles. The highest BCUT2D eigenvalue weighted by Crippen LogP contribution is 2.22. The van der Waals surface area contributed by atoms with Gasteiger partial charge in [-0.25, -0.2) is 0 Å². The van der Waals surface area contributed by atoms with Crippen LogP contribution in [0.4, 0.5) is 0 Å². The van der Waals surface area contributed by atoms with Crippen molar-refractivity contribution >= 4 is 28.9 Å². The summed E-state index contributed by atoms with van der Waals surface area (Å²) in [5, 5.41) is 1.96. The highest BCUT2D eigenvalue weighted by molar-refractivity contribution is 7.99. The highest BCUT2D eigenvalue weighted by atomic mass is 32.2. The zero-order chi connectivity index (χ0) is 12.3. The number of benzene rings is 1. The molecule has 0 N–H and O–H groups in total. The minimum atomic E-state index is 0.130. The van der Waals surface area contributed by atoms with E-state index >= 15 is 0 Å². The van der Waals surface area contributed by atoms with Gasteiger partial charge < -0.3 is 0 Å². The van der Waals surface area contributed by atoms with E-state index in [4.69, 9.17) is 0 Å². The first kappa shape index (κ1) is 12.4. The van der Waals surface area contributed by atoms with Gasteiger partial charge in [-0.2, -0.15) is 0 Å². The van der Waals surface area contributed by atoms with Crippen molar-refractivity contribution in [2.24, 2.45) is 0 Å². The number of carbonyl (C=O) groups excluding carboxylic acids is 1. The van der Waals surface area contributed by atoms with Crippen LogP contribution in [0.15, 0.2) is 40.6 Å². The molecule has 17 heavy (non-hydrogen) atoms. The SMILES string of the molecule is CCSc1ccc(C(=O)c2sccc2C)cc1. The van der Waals surface area contributed by atoms with E-state index in [2.05, 4.69) is 6.92 Å². The molecule has 2 aromatic rings. The molecule has 1 heterocycles. The lowest BCUT2D eigenvalue weighted by atomic mass is 10.1. The van der Waals surface area contributed by atoms with Crippen molar-refractivity contribution < 1.29 is 4.79 Å². The summed E-state index contributed by atoms with van der Waals surface area (Å²) < 4.78 is 0. The fourth-order valence-electron chi connectivity index (χ4n) is 1.61. The molecular weight excluding hydrogens is 248 g/mol. The third-order valence-corrected chi connectivity index (χ3v) is 4.41. The van der Waals surface area contributed by atoms with Crippen molar-refractivity contribution in [3.05, 3.63) is 51.7 Å². The van der Waals surface area contributed by atoms with Crippen molar-refractivity contribution in [2.75, 3.05) is 5.75 Å². The van der Waals surface area contributed by atoms with Gasteiger partial charge >= 0.3 is 0 Å². The quantitative estimate of drug-likeness (QED) is 0.600. The Kier molecular flexibility index (Phi) is 4.02. The fraction of sp³-hybridized carbons (Fsp3) is 0.214. The molecule has 0 bridgehead atoms. The number of hydrogen-bond acceptors (Lipinski definition) is 3. The molecule has 2 rings (SSSR count). The van der Waals surface area contributed by atoms with Crippen molar-refractivity contribution in [1.29, 1.82) is 0 Å². The van der Waals surface area contributed by atoms with E-state index in [1.165, 1.54) is 16.2 Å². The van der Waals surface area contributed by atoms with E-state index in [0.29, 0.717) is 0 Å². The topological polar surface area (TPSA) is 17.1 Å². The molecule has 1 aromatic heterocycles. The average Bonchev–Trinajstić information content (AvgIpc) is 2.76. The number of thioether (sulfide) groups is 1. The second kappa shape index (κ2) is 5.52.